The average Bonchev–Trinajstić information content (AvgIpc) is 2.38. The van der Waals surface area contributed by atoms with E-state index < -0.39 is 5.95 Å². The van der Waals surface area contributed by atoms with Gasteiger partial charge >= 0.3 is 6.09 Å². The maximum atomic E-state index is 12.9. The Morgan fingerprint density at radius 2 is 2.44 bits per heavy atom. The van der Waals surface area contributed by atoms with Crippen molar-refractivity contribution >= 4 is 11.9 Å². The van der Waals surface area contributed by atoms with Crippen molar-refractivity contribution in [2.75, 3.05) is 25.5 Å². The van der Waals surface area contributed by atoms with Crippen LogP contribution in [0.4, 0.5) is 15.0 Å². The predicted molar refractivity (Wildman–Crippen MR) is 64.8 cm³/mol. The normalized spacial score (nSPS) is 19.4. The summed E-state index contributed by atoms with van der Waals surface area (Å²) in [6.45, 7) is 1.24. The van der Waals surface area contributed by atoms with Crippen LogP contribution in [-0.2, 0) is 4.74 Å². The Bertz CT molecular complexity index is 428. The van der Waals surface area contributed by atoms with E-state index in [1.165, 1.54) is 13.2 Å². The van der Waals surface area contributed by atoms with Crippen molar-refractivity contribution in [3.8, 4) is 0 Å². The number of carbonyl (C=O) groups excluding carboxylic acids is 1. The number of aromatic nitrogens is 1. The minimum absolute atomic E-state index is 0.0761. The van der Waals surface area contributed by atoms with Gasteiger partial charge in [0.05, 0.1) is 7.11 Å². The van der Waals surface area contributed by atoms with Crippen LogP contribution in [0.25, 0.3) is 0 Å². The molecule has 0 aromatic carbocycles. The first-order valence-electron chi connectivity index (χ1n) is 5.91. The van der Waals surface area contributed by atoms with Crippen LogP contribution in [0.2, 0.25) is 0 Å². The average molecular weight is 253 g/mol. The number of pyridine rings is 1. The van der Waals surface area contributed by atoms with Gasteiger partial charge in [-0.25, -0.2) is 9.78 Å². The minimum atomic E-state index is -0.513. The van der Waals surface area contributed by atoms with Gasteiger partial charge in [0.1, 0.15) is 5.82 Å². The fourth-order valence-corrected chi connectivity index (χ4v) is 2.09. The number of nitrogens with zero attached hydrogens (tertiary/aromatic N) is 2. The first-order valence-corrected chi connectivity index (χ1v) is 5.91. The Balaban J connectivity index is 1.95. The first kappa shape index (κ1) is 12.6. The Hall–Kier alpha value is -1.85. The standard InChI is InChI=1S/C12H16FN3O2/c1-18-12(17)16-7-3-4-9(8-16)14-11-6-2-5-10(13)15-11/h2,5-6,9H,3-4,7-8H2,1H3,(H,14,15). The lowest BCUT2D eigenvalue weighted by Gasteiger charge is -2.32. The molecule has 1 fully saturated rings. The zero-order valence-electron chi connectivity index (χ0n) is 10.2. The van der Waals surface area contributed by atoms with E-state index >= 15 is 0 Å². The molecule has 1 saturated heterocycles. The van der Waals surface area contributed by atoms with Crippen molar-refractivity contribution in [3.63, 3.8) is 0 Å². The molecule has 1 N–H and O–H groups in total. The molecule has 1 amide bonds. The zero-order chi connectivity index (χ0) is 13.0. The Labute approximate surface area is 105 Å². The highest BCUT2D eigenvalue weighted by Gasteiger charge is 2.24. The van der Waals surface area contributed by atoms with E-state index in [9.17, 15) is 9.18 Å². The van der Waals surface area contributed by atoms with Crippen LogP contribution in [0.3, 0.4) is 0 Å². The third-order valence-electron chi connectivity index (χ3n) is 2.92. The van der Waals surface area contributed by atoms with Crippen molar-refractivity contribution in [2.24, 2.45) is 0 Å². The maximum absolute atomic E-state index is 12.9. The monoisotopic (exact) mass is 253 g/mol. The molecule has 18 heavy (non-hydrogen) atoms. The van der Waals surface area contributed by atoms with Gasteiger partial charge in [0, 0.05) is 19.1 Å². The summed E-state index contributed by atoms with van der Waals surface area (Å²) < 4.78 is 17.6. The Morgan fingerprint density at radius 1 is 1.61 bits per heavy atom. The maximum Gasteiger partial charge on any atom is 0.409 e. The van der Waals surface area contributed by atoms with Crippen LogP contribution in [0.5, 0.6) is 0 Å². The number of rotatable bonds is 2. The zero-order valence-corrected chi connectivity index (χ0v) is 10.2. The van der Waals surface area contributed by atoms with Gasteiger partial charge in [0.2, 0.25) is 5.95 Å². The fraction of sp³-hybridized carbons (Fsp3) is 0.500. The van der Waals surface area contributed by atoms with Crippen molar-refractivity contribution in [3.05, 3.63) is 24.1 Å². The number of carbonyl (C=O) groups is 1. The van der Waals surface area contributed by atoms with E-state index in [0.29, 0.717) is 18.9 Å². The van der Waals surface area contributed by atoms with Gasteiger partial charge in [0.25, 0.3) is 0 Å². The predicted octanol–water partition coefficient (Wildman–Crippen LogP) is 1.86. The number of anilines is 1. The SMILES string of the molecule is COC(=O)N1CCCC(Nc2cccc(F)n2)C1. The molecule has 1 unspecified atom stereocenters. The number of nitrogens with one attached hydrogen (secondary N) is 1. The van der Waals surface area contributed by atoms with E-state index in [1.807, 2.05) is 0 Å². The van der Waals surface area contributed by atoms with Crippen molar-refractivity contribution in [1.82, 2.24) is 9.88 Å². The molecule has 2 rings (SSSR count). The Morgan fingerprint density at radius 3 is 3.17 bits per heavy atom. The Kier molecular flexibility index (Phi) is 3.96. The van der Waals surface area contributed by atoms with Crippen LogP contribution < -0.4 is 5.32 Å². The van der Waals surface area contributed by atoms with Crippen molar-refractivity contribution < 1.29 is 13.9 Å². The van der Waals surface area contributed by atoms with Crippen LogP contribution in [0.1, 0.15) is 12.8 Å². The molecule has 1 aromatic rings. The van der Waals surface area contributed by atoms with Gasteiger partial charge in [-0.2, -0.15) is 4.39 Å². The number of methoxy groups -OCH3 is 1. The van der Waals surface area contributed by atoms with Crippen molar-refractivity contribution in [1.29, 1.82) is 0 Å². The fourth-order valence-electron chi connectivity index (χ4n) is 2.09. The molecule has 1 aromatic heterocycles. The van der Waals surface area contributed by atoms with Gasteiger partial charge < -0.3 is 15.0 Å². The molecule has 6 heteroatoms. The van der Waals surface area contributed by atoms with Gasteiger partial charge in [-0.1, -0.05) is 6.07 Å². The van der Waals surface area contributed by atoms with Crippen LogP contribution in [-0.4, -0.2) is 42.2 Å². The number of piperidine rings is 1. The number of likely N-dealkylation sites (tertiary alicyclic amines) is 1. The second-order valence-electron chi connectivity index (χ2n) is 4.25. The number of hydrogen-bond acceptors (Lipinski definition) is 4. The summed E-state index contributed by atoms with van der Waals surface area (Å²) in [6.07, 6.45) is 1.49. The summed E-state index contributed by atoms with van der Waals surface area (Å²) in [6, 6.07) is 4.69. The lowest BCUT2D eigenvalue weighted by molar-refractivity contribution is 0.113. The molecule has 0 bridgehead atoms. The second kappa shape index (κ2) is 5.66. The molecule has 5 nitrogen and oxygen atoms in total. The molecule has 0 saturated carbocycles. The summed E-state index contributed by atoms with van der Waals surface area (Å²) in [5.74, 6) is -0.0210. The minimum Gasteiger partial charge on any atom is -0.453 e. The molecular formula is C12H16FN3O2. The summed E-state index contributed by atoms with van der Waals surface area (Å²) in [7, 11) is 1.37. The van der Waals surface area contributed by atoms with E-state index in [2.05, 4.69) is 10.3 Å². The molecule has 1 aliphatic rings. The molecule has 1 atom stereocenters. The molecule has 0 aliphatic carbocycles. The molecule has 98 valence electrons. The molecule has 1 aliphatic heterocycles. The summed E-state index contributed by atoms with van der Waals surface area (Å²) >= 11 is 0. The summed E-state index contributed by atoms with van der Waals surface area (Å²) in [4.78, 5) is 16.8. The van der Waals surface area contributed by atoms with Crippen LogP contribution in [0.15, 0.2) is 18.2 Å². The number of halogens is 1. The largest absolute Gasteiger partial charge is 0.453 e. The van der Waals surface area contributed by atoms with E-state index in [4.69, 9.17) is 4.74 Å². The van der Waals surface area contributed by atoms with Crippen LogP contribution >= 0.6 is 0 Å². The third-order valence-corrected chi connectivity index (χ3v) is 2.92. The van der Waals surface area contributed by atoms with Gasteiger partial charge in [0.15, 0.2) is 0 Å². The lowest BCUT2D eigenvalue weighted by Crippen LogP contribution is -2.45. The van der Waals surface area contributed by atoms with E-state index in [0.717, 1.165) is 12.8 Å². The highest BCUT2D eigenvalue weighted by Crippen LogP contribution is 2.15. The highest BCUT2D eigenvalue weighted by molar-refractivity contribution is 5.67. The summed E-state index contributed by atoms with van der Waals surface area (Å²) in [5, 5.41) is 3.13. The quantitative estimate of drug-likeness (QED) is 0.817. The third kappa shape index (κ3) is 3.09. The smallest absolute Gasteiger partial charge is 0.409 e. The lowest BCUT2D eigenvalue weighted by atomic mass is 10.1. The number of ether oxygens (including phenoxy) is 1. The molecule has 0 spiro atoms. The van der Waals surface area contributed by atoms with E-state index in [-0.39, 0.29) is 12.1 Å². The second-order valence-corrected chi connectivity index (χ2v) is 4.25. The van der Waals surface area contributed by atoms with E-state index in [1.54, 1.807) is 17.0 Å². The summed E-state index contributed by atoms with van der Waals surface area (Å²) in [5.41, 5.74) is 0. The number of hydrogen-bond donors (Lipinski definition) is 1. The van der Waals surface area contributed by atoms with Crippen molar-refractivity contribution in [2.45, 2.75) is 18.9 Å². The molecule has 2 heterocycles. The van der Waals surface area contributed by atoms with Gasteiger partial charge in [-0.15, -0.1) is 0 Å². The topological polar surface area (TPSA) is 54.5 Å². The first-order chi connectivity index (χ1) is 8.69. The molecule has 0 radical (unpaired) electrons. The van der Waals surface area contributed by atoms with Gasteiger partial charge in [-0.05, 0) is 25.0 Å². The highest BCUT2D eigenvalue weighted by atomic mass is 19.1. The van der Waals surface area contributed by atoms with Crippen LogP contribution in [0, 0.1) is 5.95 Å². The van der Waals surface area contributed by atoms with Gasteiger partial charge in [-0.3, -0.25) is 0 Å². The number of amides is 1. The molecular weight excluding hydrogens is 237 g/mol.